The predicted octanol–water partition coefficient (Wildman–Crippen LogP) is 2.44. The molecule has 0 aliphatic rings. The first-order valence-corrected chi connectivity index (χ1v) is 9.02. The lowest BCUT2D eigenvalue weighted by atomic mass is 10.2. The summed E-state index contributed by atoms with van der Waals surface area (Å²) in [7, 11) is -3.75. The Labute approximate surface area is 141 Å². The highest BCUT2D eigenvalue weighted by Gasteiger charge is 2.19. The molecule has 2 rings (SSSR count). The summed E-state index contributed by atoms with van der Waals surface area (Å²) in [6, 6.07) is 13.1. The zero-order chi connectivity index (χ0) is 17.7. The van der Waals surface area contributed by atoms with Crippen LogP contribution < -0.4 is 15.2 Å². The lowest BCUT2D eigenvalue weighted by molar-refractivity contribution is -0.122. The van der Waals surface area contributed by atoms with Crippen LogP contribution in [-0.2, 0) is 14.8 Å². The van der Waals surface area contributed by atoms with E-state index in [-0.39, 0.29) is 10.8 Å². The van der Waals surface area contributed by atoms with Gasteiger partial charge in [0, 0.05) is 5.69 Å². The molecule has 1 atom stereocenters. The highest BCUT2D eigenvalue weighted by atomic mass is 32.2. The second kappa shape index (κ2) is 7.46. The van der Waals surface area contributed by atoms with Crippen LogP contribution in [0.25, 0.3) is 0 Å². The molecule has 3 N–H and O–H groups in total. The number of anilines is 1. The summed E-state index contributed by atoms with van der Waals surface area (Å²) < 4.78 is 28.2. The van der Waals surface area contributed by atoms with E-state index < -0.39 is 16.1 Å². The van der Waals surface area contributed by atoms with Gasteiger partial charge in [0.25, 0.3) is 5.91 Å². The molecule has 0 radical (unpaired) electrons. The van der Waals surface area contributed by atoms with Gasteiger partial charge in [0.05, 0.1) is 4.90 Å². The number of hydrogen-bond donors (Lipinski definition) is 2. The Hall–Kier alpha value is -2.38. The zero-order valence-electron chi connectivity index (χ0n) is 13.5. The zero-order valence-corrected chi connectivity index (χ0v) is 14.3. The maximum absolute atomic E-state index is 12.4. The van der Waals surface area contributed by atoms with Crippen molar-refractivity contribution in [1.82, 2.24) is 0 Å². The first-order valence-electron chi connectivity index (χ1n) is 7.47. The molecule has 128 valence electrons. The third-order valence-electron chi connectivity index (χ3n) is 3.48. The van der Waals surface area contributed by atoms with Gasteiger partial charge in [-0.2, -0.15) is 0 Å². The summed E-state index contributed by atoms with van der Waals surface area (Å²) in [5.74, 6) is 0.355. The van der Waals surface area contributed by atoms with Gasteiger partial charge in [0.2, 0.25) is 10.0 Å². The summed E-state index contributed by atoms with van der Waals surface area (Å²) >= 11 is 0. The van der Waals surface area contributed by atoms with Crippen LogP contribution in [0.1, 0.15) is 18.9 Å². The quantitative estimate of drug-likeness (QED) is 0.837. The summed E-state index contributed by atoms with van der Waals surface area (Å²) in [6.45, 7) is 3.76. The first-order chi connectivity index (χ1) is 11.3. The lowest BCUT2D eigenvalue weighted by Gasteiger charge is -2.18. The van der Waals surface area contributed by atoms with Gasteiger partial charge in [-0.15, -0.1) is 0 Å². The molecule has 0 saturated carbocycles. The Bertz CT molecular complexity index is 817. The standard InChI is InChI=1S/C17H20N2O4S/c1-3-15(23-16-7-5-4-6-12(16)2)17(20)19-13-8-10-14(11-9-13)24(18,21)22/h4-11,15H,3H2,1-2H3,(H,19,20)(H2,18,21,22)/t15-/m0/s1. The van der Waals surface area contributed by atoms with Crippen molar-refractivity contribution in [3.05, 3.63) is 54.1 Å². The molecule has 2 aromatic rings. The Morgan fingerprint density at radius 3 is 2.33 bits per heavy atom. The number of carbonyl (C=O) groups is 1. The predicted molar refractivity (Wildman–Crippen MR) is 92.3 cm³/mol. The molecule has 1 amide bonds. The lowest BCUT2D eigenvalue weighted by Crippen LogP contribution is -2.32. The number of para-hydroxylation sites is 1. The normalized spacial score (nSPS) is 12.5. The molecule has 0 fully saturated rings. The Kier molecular flexibility index (Phi) is 5.58. The van der Waals surface area contributed by atoms with Crippen LogP contribution in [0.5, 0.6) is 5.75 Å². The molecule has 7 heteroatoms. The van der Waals surface area contributed by atoms with Gasteiger partial charge < -0.3 is 10.1 Å². The van der Waals surface area contributed by atoms with Crippen LogP contribution in [0.15, 0.2) is 53.4 Å². The molecule has 0 saturated heterocycles. The molecule has 2 aromatic carbocycles. The molecule has 0 bridgehead atoms. The molecule has 0 aliphatic heterocycles. The Morgan fingerprint density at radius 1 is 1.17 bits per heavy atom. The van der Waals surface area contributed by atoms with E-state index in [1.165, 1.54) is 24.3 Å². The van der Waals surface area contributed by atoms with Crippen molar-refractivity contribution in [3.63, 3.8) is 0 Å². The van der Waals surface area contributed by atoms with Gasteiger partial charge in [-0.05, 0) is 49.2 Å². The van der Waals surface area contributed by atoms with Crippen molar-refractivity contribution in [2.75, 3.05) is 5.32 Å². The number of rotatable bonds is 6. The number of nitrogens with one attached hydrogen (secondary N) is 1. The second-order valence-electron chi connectivity index (χ2n) is 5.34. The maximum Gasteiger partial charge on any atom is 0.265 e. The molecule has 0 unspecified atom stereocenters. The van der Waals surface area contributed by atoms with E-state index >= 15 is 0 Å². The number of aryl methyl sites for hydroxylation is 1. The summed E-state index contributed by atoms with van der Waals surface area (Å²) in [5, 5.41) is 7.75. The third kappa shape index (κ3) is 4.56. The van der Waals surface area contributed by atoms with Gasteiger partial charge in [0.15, 0.2) is 6.10 Å². The van der Waals surface area contributed by atoms with Gasteiger partial charge in [-0.1, -0.05) is 25.1 Å². The van der Waals surface area contributed by atoms with Crippen LogP contribution in [0.4, 0.5) is 5.69 Å². The van der Waals surface area contributed by atoms with Crippen molar-refractivity contribution in [2.45, 2.75) is 31.3 Å². The Morgan fingerprint density at radius 2 is 1.79 bits per heavy atom. The van der Waals surface area contributed by atoms with E-state index in [9.17, 15) is 13.2 Å². The number of benzene rings is 2. The number of hydrogen-bond acceptors (Lipinski definition) is 4. The van der Waals surface area contributed by atoms with E-state index in [2.05, 4.69) is 5.32 Å². The minimum atomic E-state index is -3.75. The minimum absolute atomic E-state index is 0.0105. The first kappa shape index (κ1) is 18.0. The Balaban J connectivity index is 2.08. The van der Waals surface area contributed by atoms with E-state index in [1.807, 2.05) is 38.1 Å². The highest BCUT2D eigenvalue weighted by molar-refractivity contribution is 7.89. The monoisotopic (exact) mass is 348 g/mol. The number of nitrogens with two attached hydrogens (primary N) is 1. The topological polar surface area (TPSA) is 98.5 Å². The molecular weight excluding hydrogens is 328 g/mol. The van der Waals surface area contributed by atoms with Gasteiger partial charge >= 0.3 is 0 Å². The molecule has 0 aromatic heterocycles. The van der Waals surface area contributed by atoms with E-state index in [0.717, 1.165) is 5.56 Å². The molecule has 0 heterocycles. The fourth-order valence-corrected chi connectivity index (χ4v) is 2.63. The number of amides is 1. The largest absolute Gasteiger partial charge is 0.480 e. The van der Waals surface area contributed by atoms with E-state index in [4.69, 9.17) is 9.88 Å². The number of ether oxygens (including phenoxy) is 1. The van der Waals surface area contributed by atoms with Crippen LogP contribution in [0.3, 0.4) is 0 Å². The second-order valence-corrected chi connectivity index (χ2v) is 6.90. The molecule has 24 heavy (non-hydrogen) atoms. The average Bonchev–Trinajstić information content (AvgIpc) is 2.53. The molecule has 0 spiro atoms. The summed E-state index contributed by atoms with van der Waals surface area (Å²) in [5.41, 5.74) is 1.42. The van der Waals surface area contributed by atoms with Crippen molar-refractivity contribution in [2.24, 2.45) is 5.14 Å². The van der Waals surface area contributed by atoms with Crippen molar-refractivity contribution >= 4 is 21.6 Å². The van der Waals surface area contributed by atoms with Gasteiger partial charge in [-0.25, -0.2) is 13.6 Å². The molecule has 0 aliphatic carbocycles. The molecule has 6 nitrogen and oxygen atoms in total. The van der Waals surface area contributed by atoms with Crippen molar-refractivity contribution in [3.8, 4) is 5.75 Å². The minimum Gasteiger partial charge on any atom is -0.480 e. The summed E-state index contributed by atoms with van der Waals surface area (Å²) in [4.78, 5) is 12.4. The van der Waals surface area contributed by atoms with E-state index in [1.54, 1.807) is 0 Å². The SMILES string of the molecule is CC[C@H](Oc1ccccc1C)C(=O)Nc1ccc(S(N)(=O)=O)cc1. The van der Waals surface area contributed by atoms with Crippen LogP contribution in [0.2, 0.25) is 0 Å². The van der Waals surface area contributed by atoms with Crippen molar-refractivity contribution < 1.29 is 17.9 Å². The average molecular weight is 348 g/mol. The number of primary sulfonamides is 1. The number of carbonyl (C=O) groups excluding carboxylic acids is 1. The van der Waals surface area contributed by atoms with Gasteiger partial charge in [-0.3, -0.25) is 4.79 Å². The third-order valence-corrected chi connectivity index (χ3v) is 4.41. The van der Waals surface area contributed by atoms with E-state index in [0.29, 0.717) is 17.9 Å². The number of sulfonamides is 1. The van der Waals surface area contributed by atoms with Crippen LogP contribution in [0, 0.1) is 6.92 Å². The van der Waals surface area contributed by atoms with Crippen molar-refractivity contribution in [1.29, 1.82) is 0 Å². The highest BCUT2D eigenvalue weighted by Crippen LogP contribution is 2.20. The smallest absolute Gasteiger partial charge is 0.265 e. The fraction of sp³-hybridized carbons (Fsp3) is 0.235. The van der Waals surface area contributed by atoms with Crippen LogP contribution >= 0.6 is 0 Å². The fourth-order valence-electron chi connectivity index (χ4n) is 2.11. The van der Waals surface area contributed by atoms with Gasteiger partial charge in [0.1, 0.15) is 5.75 Å². The summed E-state index contributed by atoms with van der Waals surface area (Å²) in [6.07, 6.45) is -0.154. The maximum atomic E-state index is 12.4. The molecular formula is C17H20N2O4S. The van der Waals surface area contributed by atoms with Crippen LogP contribution in [-0.4, -0.2) is 20.4 Å².